The lowest BCUT2D eigenvalue weighted by molar-refractivity contribution is -0.121. The van der Waals surface area contributed by atoms with Gasteiger partial charge in [-0.3, -0.25) is 14.4 Å². The topological polar surface area (TPSA) is 66.5 Å². The highest BCUT2D eigenvalue weighted by atomic mass is 33.1. The molecule has 3 rings (SSSR count). The first-order valence-electron chi connectivity index (χ1n) is 9.68. The van der Waals surface area contributed by atoms with Gasteiger partial charge in [0.1, 0.15) is 0 Å². The molecule has 0 radical (unpaired) electrons. The molecular weight excluding hydrogens is 416 g/mol. The molecule has 0 bridgehead atoms. The Morgan fingerprint density at radius 3 is 2.47 bits per heavy atom. The average Bonchev–Trinajstić information content (AvgIpc) is 2.75. The first-order chi connectivity index (χ1) is 14.6. The standard InChI is InChI=1S/C23H22N2O3S2/c26-21(10-5-11-23(28)30-29)24-15-14-22(27)25-16-19-8-2-1-6-17(19)12-13-18-7-3-4-9-20(18)25/h1-4,6-9,29H,5,10-11,14-16H2,(H,24,26). The maximum Gasteiger partial charge on any atom is 0.229 e. The minimum atomic E-state index is -0.163. The number of carbonyl (C=O) groups excluding carboxylic acids is 3. The van der Waals surface area contributed by atoms with Gasteiger partial charge in [-0.05, 0) is 41.0 Å². The molecule has 0 spiro atoms. The van der Waals surface area contributed by atoms with Gasteiger partial charge < -0.3 is 10.2 Å². The first kappa shape index (κ1) is 22.0. The quantitative estimate of drug-likeness (QED) is 0.393. The van der Waals surface area contributed by atoms with Crippen molar-refractivity contribution in [2.24, 2.45) is 0 Å². The Bertz CT molecular complexity index is 1010. The molecule has 0 unspecified atom stereocenters. The number of nitrogens with one attached hydrogen (secondary N) is 1. The lowest BCUT2D eigenvalue weighted by atomic mass is 10.0. The third-order valence-corrected chi connectivity index (χ3v) is 5.74. The number of hydrogen-bond donors (Lipinski definition) is 2. The van der Waals surface area contributed by atoms with Gasteiger partial charge in [0.25, 0.3) is 0 Å². The summed E-state index contributed by atoms with van der Waals surface area (Å²) < 4.78 is 0. The van der Waals surface area contributed by atoms with Crippen LogP contribution in [-0.4, -0.2) is 23.5 Å². The minimum absolute atomic E-state index is 0.0551. The van der Waals surface area contributed by atoms with Gasteiger partial charge in [-0.2, -0.15) is 0 Å². The predicted molar refractivity (Wildman–Crippen MR) is 123 cm³/mol. The highest BCUT2D eigenvalue weighted by Gasteiger charge is 2.21. The molecule has 0 fully saturated rings. The SMILES string of the molecule is O=C(CCCC(=O)SS)NCCC(=O)N1Cc2ccccc2C#Cc2ccccc21. The van der Waals surface area contributed by atoms with Gasteiger partial charge in [-0.25, -0.2) is 0 Å². The number of para-hydroxylation sites is 1. The van der Waals surface area contributed by atoms with Crippen LogP contribution in [0.15, 0.2) is 48.5 Å². The van der Waals surface area contributed by atoms with Crippen LogP contribution in [0.5, 0.6) is 0 Å². The van der Waals surface area contributed by atoms with E-state index in [0.717, 1.165) is 33.2 Å². The largest absolute Gasteiger partial charge is 0.356 e. The van der Waals surface area contributed by atoms with Gasteiger partial charge in [0.2, 0.25) is 11.8 Å². The van der Waals surface area contributed by atoms with E-state index in [1.165, 1.54) is 0 Å². The summed E-state index contributed by atoms with van der Waals surface area (Å²) in [7, 11) is 0.871. The lowest BCUT2D eigenvalue weighted by Crippen LogP contribution is -2.35. The van der Waals surface area contributed by atoms with Crippen LogP contribution in [0.2, 0.25) is 0 Å². The van der Waals surface area contributed by atoms with Crippen LogP contribution >= 0.6 is 22.5 Å². The minimum Gasteiger partial charge on any atom is -0.356 e. The van der Waals surface area contributed by atoms with E-state index in [2.05, 4.69) is 28.8 Å². The summed E-state index contributed by atoms with van der Waals surface area (Å²) in [6.45, 7) is 0.678. The second kappa shape index (κ2) is 10.9. The van der Waals surface area contributed by atoms with Gasteiger partial charge in [0, 0.05) is 36.9 Å². The Balaban J connectivity index is 1.63. The molecule has 0 aliphatic carbocycles. The second-order valence-corrected chi connectivity index (χ2v) is 8.01. The van der Waals surface area contributed by atoms with Crippen molar-refractivity contribution in [1.29, 1.82) is 0 Å². The number of benzene rings is 2. The Labute approximate surface area is 185 Å². The summed E-state index contributed by atoms with van der Waals surface area (Å²) in [4.78, 5) is 37.9. The van der Waals surface area contributed by atoms with Crippen molar-refractivity contribution in [3.05, 3.63) is 65.2 Å². The van der Waals surface area contributed by atoms with Crippen LogP contribution in [0.25, 0.3) is 0 Å². The molecule has 154 valence electrons. The summed E-state index contributed by atoms with van der Waals surface area (Å²) in [5, 5.41) is 2.71. The zero-order valence-electron chi connectivity index (χ0n) is 16.4. The van der Waals surface area contributed by atoms with Crippen LogP contribution in [0.4, 0.5) is 5.69 Å². The molecule has 2 aromatic rings. The van der Waals surface area contributed by atoms with E-state index in [0.29, 0.717) is 19.4 Å². The smallest absolute Gasteiger partial charge is 0.229 e. The molecule has 0 atom stereocenters. The third kappa shape index (κ3) is 5.91. The number of hydrogen-bond acceptors (Lipinski definition) is 5. The Morgan fingerprint density at radius 1 is 0.967 bits per heavy atom. The summed E-state index contributed by atoms with van der Waals surface area (Å²) in [6, 6.07) is 15.4. The van der Waals surface area contributed by atoms with Gasteiger partial charge >= 0.3 is 0 Å². The van der Waals surface area contributed by atoms with Crippen molar-refractivity contribution in [3.8, 4) is 11.8 Å². The number of thiol groups is 1. The molecule has 5 nitrogen and oxygen atoms in total. The Morgan fingerprint density at radius 2 is 1.67 bits per heavy atom. The van der Waals surface area contributed by atoms with Crippen molar-refractivity contribution < 1.29 is 14.4 Å². The molecular formula is C23H22N2O3S2. The van der Waals surface area contributed by atoms with Crippen LogP contribution in [-0.2, 0) is 20.9 Å². The van der Waals surface area contributed by atoms with E-state index < -0.39 is 0 Å². The van der Waals surface area contributed by atoms with E-state index in [-0.39, 0.29) is 36.3 Å². The monoisotopic (exact) mass is 438 g/mol. The zero-order valence-corrected chi connectivity index (χ0v) is 18.1. The van der Waals surface area contributed by atoms with Gasteiger partial charge in [0.15, 0.2) is 5.12 Å². The van der Waals surface area contributed by atoms with Crippen molar-refractivity contribution in [1.82, 2.24) is 5.32 Å². The normalized spacial score (nSPS) is 11.8. The summed E-state index contributed by atoms with van der Waals surface area (Å²) in [5.41, 5.74) is 3.48. The van der Waals surface area contributed by atoms with Crippen molar-refractivity contribution in [2.75, 3.05) is 11.4 Å². The average molecular weight is 439 g/mol. The number of fused-ring (bicyclic) bond motifs is 2. The summed E-state index contributed by atoms with van der Waals surface area (Å²) in [6.07, 6.45) is 1.22. The summed E-state index contributed by atoms with van der Waals surface area (Å²) in [5.74, 6) is 6.12. The summed E-state index contributed by atoms with van der Waals surface area (Å²) >= 11 is 3.84. The highest BCUT2D eigenvalue weighted by Crippen LogP contribution is 2.25. The first-order valence-corrected chi connectivity index (χ1v) is 11.6. The molecule has 2 amide bonds. The van der Waals surface area contributed by atoms with Gasteiger partial charge in [-0.1, -0.05) is 42.2 Å². The second-order valence-electron chi connectivity index (χ2n) is 6.82. The molecule has 1 aliphatic heterocycles. The van der Waals surface area contributed by atoms with E-state index in [4.69, 9.17) is 0 Å². The fourth-order valence-electron chi connectivity index (χ4n) is 3.18. The van der Waals surface area contributed by atoms with E-state index in [1.54, 1.807) is 4.90 Å². The number of amides is 2. The van der Waals surface area contributed by atoms with Crippen LogP contribution in [0.1, 0.15) is 42.4 Å². The van der Waals surface area contributed by atoms with E-state index >= 15 is 0 Å². The van der Waals surface area contributed by atoms with E-state index in [1.807, 2.05) is 48.5 Å². The van der Waals surface area contributed by atoms with Crippen LogP contribution in [0.3, 0.4) is 0 Å². The van der Waals surface area contributed by atoms with Crippen molar-refractivity contribution in [3.63, 3.8) is 0 Å². The fraction of sp³-hybridized carbons (Fsp3) is 0.261. The molecule has 7 heteroatoms. The zero-order chi connectivity index (χ0) is 21.3. The van der Waals surface area contributed by atoms with E-state index in [9.17, 15) is 14.4 Å². The molecule has 0 saturated heterocycles. The predicted octanol–water partition coefficient (Wildman–Crippen LogP) is 3.71. The fourth-order valence-corrected chi connectivity index (χ4v) is 3.69. The number of nitrogens with zero attached hydrogens (tertiary/aromatic N) is 1. The number of anilines is 1. The van der Waals surface area contributed by atoms with Gasteiger partial charge in [-0.15, -0.1) is 11.7 Å². The third-order valence-electron chi connectivity index (χ3n) is 4.72. The molecule has 1 heterocycles. The molecule has 2 aromatic carbocycles. The Hall–Kier alpha value is -2.69. The van der Waals surface area contributed by atoms with Crippen molar-refractivity contribution >= 4 is 45.1 Å². The highest BCUT2D eigenvalue weighted by molar-refractivity contribution is 8.74. The number of carbonyl (C=O) groups is 3. The molecule has 0 aromatic heterocycles. The maximum absolute atomic E-state index is 13.0. The van der Waals surface area contributed by atoms with Gasteiger partial charge in [0.05, 0.1) is 12.2 Å². The lowest BCUT2D eigenvalue weighted by Gasteiger charge is -2.26. The van der Waals surface area contributed by atoms with Crippen LogP contribution < -0.4 is 10.2 Å². The molecule has 0 saturated carbocycles. The van der Waals surface area contributed by atoms with Crippen LogP contribution in [0, 0.1) is 11.8 Å². The molecule has 1 aliphatic rings. The molecule has 1 N–H and O–H groups in total. The number of rotatable bonds is 7. The Kier molecular flexibility index (Phi) is 8.00. The maximum atomic E-state index is 13.0. The molecule has 30 heavy (non-hydrogen) atoms. The van der Waals surface area contributed by atoms with Crippen molar-refractivity contribution in [2.45, 2.75) is 32.2 Å².